The molecule has 32 heavy (non-hydrogen) atoms. The quantitative estimate of drug-likeness (QED) is 0.461. The minimum atomic E-state index is -0.167. The van der Waals surface area contributed by atoms with Crippen LogP contribution in [0.15, 0.2) is 41.6 Å². The van der Waals surface area contributed by atoms with Gasteiger partial charge in [-0.3, -0.25) is 9.59 Å². The minimum absolute atomic E-state index is 0.0998. The van der Waals surface area contributed by atoms with E-state index in [9.17, 15) is 9.59 Å². The Labute approximate surface area is 197 Å². The van der Waals surface area contributed by atoms with Crippen molar-refractivity contribution in [3.8, 4) is 0 Å². The monoisotopic (exact) mass is 471 g/mol. The zero-order valence-electron chi connectivity index (χ0n) is 18.5. The fourth-order valence-electron chi connectivity index (χ4n) is 3.23. The van der Waals surface area contributed by atoms with Crippen molar-refractivity contribution in [1.82, 2.24) is 14.8 Å². The van der Waals surface area contributed by atoms with E-state index < -0.39 is 0 Å². The fraction of sp³-hybridized carbons (Fsp3) is 0.304. The van der Waals surface area contributed by atoms with Crippen molar-refractivity contribution in [1.29, 1.82) is 0 Å². The van der Waals surface area contributed by atoms with E-state index in [1.165, 1.54) is 11.8 Å². The minimum Gasteiger partial charge on any atom is -0.325 e. The summed E-state index contributed by atoms with van der Waals surface area (Å²) < 4.78 is 1.85. The number of nitrogens with one attached hydrogen (secondary N) is 2. The number of thioether (sulfide) groups is 1. The number of anilines is 2. The van der Waals surface area contributed by atoms with Crippen molar-refractivity contribution in [3.63, 3.8) is 0 Å². The number of benzene rings is 2. The molecule has 1 heterocycles. The first-order valence-electron chi connectivity index (χ1n) is 10.3. The molecule has 7 nitrogen and oxygen atoms in total. The molecule has 0 spiro atoms. The van der Waals surface area contributed by atoms with Gasteiger partial charge < -0.3 is 15.2 Å². The second kappa shape index (κ2) is 10.7. The third-order valence-corrected chi connectivity index (χ3v) is 6.33. The molecule has 2 N–H and O–H groups in total. The summed E-state index contributed by atoms with van der Waals surface area (Å²) in [5, 5.41) is 15.4. The van der Waals surface area contributed by atoms with Gasteiger partial charge in [-0.05, 0) is 57.0 Å². The predicted octanol–water partition coefficient (Wildman–Crippen LogP) is 4.79. The summed E-state index contributed by atoms with van der Waals surface area (Å²) in [5.41, 5.74) is 4.44. The highest BCUT2D eigenvalue weighted by atomic mass is 35.5. The van der Waals surface area contributed by atoms with Gasteiger partial charge in [0.25, 0.3) is 0 Å². The third kappa shape index (κ3) is 5.89. The van der Waals surface area contributed by atoms with E-state index in [1.54, 1.807) is 12.1 Å². The Morgan fingerprint density at radius 1 is 1.03 bits per heavy atom. The number of amides is 2. The lowest BCUT2D eigenvalue weighted by Crippen LogP contribution is -2.18. The summed E-state index contributed by atoms with van der Waals surface area (Å²) in [6.07, 6.45) is 0.0998. The molecule has 9 heteroatoms. The first kappa shape index (κ1) is 23.8. The van der Waals surface area contributed by atoms with Gasteiger partial charge in [-0.1, -0.05) is 47.1 Å². The van der Waals surface area contributed by atoms with Crippen LogP contribution in [0.4, 0.5) is 11.4 Å². The maximum atomic E-state index is 12.6. The predicted molar refractivity (Wildman–Crippen MR) is 129 cm³/mol. The van der Waals surface area contributed by atoms with Crippen LogP contribution in [-0.4, -0.2) is 32.3 Å². The molecule has 1 aromatic heterocycles. The van der Waals surface area contributed by atoms with Gasteiger partial charge in [0.05, 0.1) is 12.2 Å². The van der Waals surface area contributed by atoms with Crippen LogP contribution in [0.5, 0.6) is 0 Å². The van der Waals surface area contributed by atoms with Gasteiger partial charge in [0.1, 0.15) is 5.82 Å². The molecule has 2 aromatic carbocycles. The van der Waals surface area contributed by atoms with Crippen LogP contribution in [0.3, 0.4) is 0 Å². The number of carbonyl (C=O) groups is 2. The smallest absolute Gasteiger partial charge is 0.234 e. The Kier molecular flexibility index (Phi) is 7.93. The maximum absolute atomic E-state index is 12.6. The topological polar surface area (TPSA) is 88.9 Å². The van der Waals surface area contributed by atoms with Gasteiger partial charge in [-0.25, -0.2) is 0 Å². The van der Waals surface area contributed by atoms with Gasteiger partial charge in [-0.2, -0.15) is 0 Å². The van der Waals surface area contributed by atoms with Crippen LogP contribution >= 0.6 is 23.4 Å². The standard InChI is InChI=1S/C23H26ClN5O2S/c1-5-29-20(12-21(30)25-18-10-9-14(2)11-15(18)3)27-28-23(29)32-13-22(31)26-19-8-6-7-17(24)16(19)4/h6-11H,5,12-13H2,1-4H3,(H,25,30)(H,26,31). The molecule has 0 fully saturated rings. The van der Waals surface area contributed by atoms with Crippen molar-refractivity contribution in [2.45, 2.75) is 45.8 Å². The zero-order chi connectivity index (χ0) is 23.3. The van der Waals surface area contributed by atoms with Gasteiger partial charge in [0.15, 0.2) is 5.16 Å². The van der Waals surface area contributed by atoms with Crippen LogP contribution in [0.2, 0.25) is 5.02 Å². The molecular weight excluding hydrogens is 446 g/mol. The summed E-state index contributed by atoms with van der Waals surface area (Å²) in [4.78, 5) is 24.9. The molecule has 0 aliphatic heterocycles. The molecule has 3 rings (SSSR count). The van der Waals surface area contributed by atoms with E-state index >= 15 is 0 Å². The maximum Gasteiger partial charge on any atom is 0.234 e. The Morgan fingerprint density at radius 2 is 1.78 bits per heavy atom. The van der Waals surface area contributed by atoms with Crippen LogP contribution in [0, 0.1) is 20.8 Å². The number of halogens is 1. The number of hydrogen-bond donors (Lipinski definition) is 2. The molecule has 0 unspecified atom stereocenters. The zero-order valence-corrected chi connectivity index (χ0v) is 20.1. The Hall–Kier alpha value is -2.84. The Balaban J connectivity index is 1.61. The van der Waals surface area contributed by atoms with Gasteiger partial charge in [0.2, 0.25) is 11.8 Å². The largest absolute Gasteiger partial charge is 0.325 e. The summed E-state index contributed by atoms with van der Waals surface area (Å²) in [6.45, 7) is 8.37. The molecule has 0 aliphatic rings. The van der Waals surface area contributed by atoms with Crippen LogP contribution in [0.1, 0.15) is 29.4 Å². The van der Waals surface area contributed by atoms with Crippen molar-refractivity contribution >= 4 is 46.6 Å². The molecule has 3 aromatic rings. The van der Waals surface area contributed by atoms with Gasteiger partial charge in [0, 0.05) is 22.9 Å². The van der Waals surface area contributed by atoms with Gasteiger partial charge in [-0.15, -0.1) is 10.2 Å². The van der Waals surface area contributed by atoms with E-state index in [2.05, 4.69) is 20.8 Å². The van der Waals surface area contributed by atoms with E-state index in [0.717, 1.165) is 22.4 Å². The fourth-order valence-corrected chi connectivity index (χ4v) is 4.22. The van der Waals surface area contributed by atoms with Crippen molar-refractivity contribution in [2.75, 3.05) is 16.4 Å². The van der Waals surface area contributed by atoms with Gasteiger partial charge >= 0.3 is 0 Å². The van der Waals surface area contributed by atoms with E-state index in [4.69, 9.17) is 11.6 Å². The second-order valence-corrected chi connectivity index (χ2v) is 8.79. The summed E-state index contributed by atoms with van der Waals surface area (Å²) in [5.74, 6) is 0.395. The first-order valence-corrected chi connectivity index (χ1v) is 11.6. The Bertz CT molecular complexity index is 1150. The van der Waals surface area contributed by atoms with Crippen molar-refractivity contribution < 1.29 is 9.59 Å². The summed E-state index contributed by atoms with van der Waals surface area (Å²) in [7, 11) is 0. The number of hydrogen-bond acceptors (Lipinski definition) is 5. The number of carbonyl (C=O) groups excluding carboxylic acids is 2. The van der Waals surface area contributed by atoms with Crippen LogP contribution in [-0.2, 0) is 22.6 Å². The number of aryl methyl sites for hydroxylation is 2. The first-order chi connectivity index (χ1) is 15.3. The lowest BCUT2D eigenvalue weighted by molar-refractivity contribution is -0.116. The van der Waals surface area contributed by atoms with E-state index in [-0.39, 0.29) is 24.0 Å². The lowest BCUT2D eigenvalue weighted by atomic mass is 10.1. The van der Waals surface area contributed by atoms with Crippen molar-refractivity contribution in [3.05, 3.63) is 63.9 Å². The molecule has 0 atom stereocenters. The molecule has 0 aliphatic carbocycles. The third-order valence-electron chi connectivity index (χ3n) is 4.96. The molecule has 168 valence electrons. The highest BCUT2D eigenvalue weighted by Crippen LogP contribution is 2.24. The molecular formula is C23H26ClN5O2S. The average Bonchev–Trinajstić information content (AvgIpc) is 3.13. The lowest BCUT2D eigenvalue weighted by Gasteiger charge is -2.11. The second-order valence-electron chi connectivity index (χ2n) is 7.44. The van der Waals surface area contributed by atoms with E-state index in [0.29, 0.717) is 28.2 Å². The van der Waals surface area contributed by atoms with Crippen LogP contribution < -0.4 is 10.6 Å². The number of rotatable bonds is 8. The molecule has 0 saturated carbocycles. The normalized spacial score (nSPS) is 10.8. The van der Waals surface area contributed by atoms with Crippen molar-refractivity contribution in [2.24, 2.45) is 0 Å². The number of nitrogens with zero attached hydrogens (tertiary/aromatic N) is 3. The molecule has 2 amide bonds. The summed E-state index contributed by atoms with van der Waals surface area (Å²) >= 11 is 7.39. The SMILES string of the molecule is CCn1c(CC(=O)Nc2ccc(C)cc2C)nnc1SCC(=O)Nc1cccc(Cl)c1C. The molecule has 0 bridgehead atoms. The Morgan fingerprint density at radius 3 is 2.50 bits per heavy atom. The number of aromatic nitrogens is 3. The average molecular weight is 472 g/mol. The van der Waals surface area contributed by atoms with E-state index in [1.807, 2.05) is 56.5 Å². The molecule has 0 saturated heterocycles. The molecule has 0 radical (unpaired) electrons. The highest BCUT2D eigenvalue weighted by molar-refractivity contribution is 7.99. The van der Waals surface area contributed by atoms with Crippen LogP contribution in [0.25, 0.3) is 0 Å². The summed E-state index contributed by atoms with van der Waals surface area (Å²) in [6, 6.07) is 11.3. The highest BCUT2D eigenvalue weighted by Gasteiger charge is 2.17.